The van der Waals surface area contributed by atoms with Gasteiger partial charge in [-0.1, -0.05) is 70.4 Å². The van der Waals surface area contributed by atoms with E-state index in [1.807, 2.05) is 0 Å². The Morgan fingerprint density at radius 1 is 1.07 bits per heavy atom. The Bertz CT molecular complexity index is 497. The van der Waals surface area contributed by atoms with Gasteiger partial charge in [-0.25, -0.2) is 0 Å². The summed E-state index contributed by atoms with van der Waals surface area (Å²) in [5.74, 6) is -1.13. The normalized spacial score (nSPS) is 17.9. The van der Waals surface area contributed by atoms with Crippen LogP contribution in [-0.2, 0) is 23.9 Å². The Balaban J connectivity index is 2.32. The average Bonchev–Trinajstić information content (AvgIpc) is 3.02. The number of carbonyl (C=O) groups is 3. The summed E-state index contributed by atoms with van der Waals surface area (Å²) in [4.78, 5) is 34.5. The van der Waals surface area contributed by atoms with E-state index in [1.165, 1.54) is 39.2 Å². The summed E-state index contributed by atoms with van der Waals surface area (Å²) in [6.07, 6.45) is 18.2. The van der Waals surface area contributed by atoms with Crippen molar-refractivity contribution in [2.45, 2.75) is 96.8 Å². The monoisotopic (exact) mass is 394 g/mol. The molecule has 5 heteroatoms. The highest BCUT2D eigenvalue weighted by Crippen LogP contribution is 2.30. The lowest BCUT2D eigenvalue weighted by molar-refractivity contribution is -0.153. The molecule has 0 aromatic rings. The van der Waals surface area contributed by atoms with E-state index in [0.29, 0.717) is 6.42 Å². The molecule has 1 fully saturated rings. The first-order valence-corrected chi connectivity index (χ1v) is 11.1. The van der Waals surface area contributed by atoms with Crippen LogP contribution in [0.5, 0.6) is 0 Å². The number of ether oxygens (including phenoxy) is 2. The molecule has 2 atom stereocenters. The standard InChI is InChI=1S/C23H38O5/c1-3-4-5-6-7-9-12-15-19(20-18-22(25)28-23(20)26)16-13-10-8-11-14-17-21(24)27-2/h12,15,19-20H,3-11,13-14,16-18H2,1-2H3/b15-12-. The van der Waals surface area contributed by atoms with Gasteiger partial charge >= 0.3 is 17.9 Å². The van der Waals surface area contributed by atoms with Gasteiger partial charge in [0.1, 0.15) is 0 Å². The van der Waals surface area contributed by atoms with Crippen molar-refractivity contribution < 1.29 is 23.9 Å². The summed E-state index contributed by atoms with van der Waals surface area (Å²) < 4.78 is 9.40. The summed E-state index contributed by atoms with van der Waals surface area (Å²) in [5, 5.41) is 0. The molecule has 0 N–H and O–H groups in total. The van der Waals surface area contributed by atoms with Gasteiger partial charge in [0.05, 0.1) is 19.4 Å². The molecule has 0 spiro atoms. The molecule has 5 nitrogen and oxygen atoms in total. The van der Waals surface area contributed by atoms with Crippen LogP contribution in [-0.4, -0.2) is 25.0 Å². The Hall–Kier alpha value is -1.65. The molecule has 0 aromatic heterocycles. The zero-order chi connectivity index (χ0) is 20.6. The van der Waals surface area contributed by atoms with Crippen molar-refractivity contribution in [3.05, 3.63) is 12.2 Å². The number of hydrogen-bond acceptors (Lipinski definition) is 5. The fourth-order valence-corrected chi connectivity index (χ4v) is 3.67. The van der Waals surface area contributed by atoms with E-state index in [-0.39, 0.29) is 30.2 Å². The van der Waals surface area contributed by atoms with Crippen LogP contribution in [0.15, 0.2) is 12.2 Å². The summed E-state index contributed by atoms with van der Waals surface area (Å²) in [6, 6.07) is 0. The van der Waals surface area contributed by atoms with E-state index in [4.69, 9.17) is 4.74 Å². The highest BCUT2D eigenvalue weighted by molar-refractivity contribution is 5.94. The maximum Gasteiger partial charge on any atom is 0.317 e. The van der Waals surface area contributed by atoms with Gasteiger partial charge in [0, 0.05) is 6.42 Å². The van der Waals surface area contributed by atoms with Crippen LogP contribution in [0.3, 0.4) is 0 Å². The highest BCUT2D eigenvalue weighted by atomic mass is 16.6. The Morgan fingerprint density at radius 3 is 2.43 bits per heavy atom. The van der Waals surface area contributed by atoms with Gasteiger partial charge in [0.15, 0.2) is 0 Å². The second-order valence-corrected chi connectivity index (χ2v) is 7.78. The first kappa shape index (κ1) is 24.4. The number of carbonyl (C=O) groups excluding carboxylic acids is 3. The third-order valence-electron chi connectivity index (χ3n) is 5.42. The molecule has 160 valence electrons. The van der Waals surface area contributed by atoms with Crippen LogP contribution in [0.4, 0.5) is 0 Å². The van der Waals surface area contributed by atoms with E-state index >= 15 is 0 Å². The van der Waals surface area contributed by atoms with Crippen LogP contribution in [0.2, 0.25) is 0 Å². The van der Waals surface area contributed by atoms with Gasteiger partial charge in [-0.2, -0.15) is 0 Å². The fraction of sp³-hybridized carbons (Fsp3) is 0.783. The number of methoxy groups -OCH3 is 1. The van der Waals surface area contributed by atoms with Crippen molar-refractivity contribution in [3.8, 4) is 0 Å². The molecule has 0 radical (unpaired) electrons. The molecule has 0 bridgehead atoms. The third kappa shape index (κ3) is 10.6. The molecule has 2 unspecified atom stereocenters. The quantitative estimate of drug-likeness (QED) is 0.149. The molecule has 0 aliphatic carbocycles. The SMILES string of the molecule is CCCCCCC/C=C\C(CCCCCCCC(=O)OC)C1CC(=O)OC1=O. The molecule has 1 saturated heterocycles. The number of allylic oxidation sites excluding steroid dienone is 2. The fourth-order valence-electron chi connectivity index (χ4n) is 3.67. The summed E-state index contributed by atoms with van der Waals surface area (Å²) in [6.45, 7) is 2.21. The van der Waals surface area contributed by atoms with E-state index in [1.54, 1.807) is 0 Å². The van der Waals surface area contributed by atoms with Gasteiger partial charge in [0.2, 0.25) is 0 Å². The predicted octanol–water partition coefficient (Wildman–Crippen LogP) is 5.51. The molecular weight excluding hydrogens is 356 g/mol. The summed E-state index contributed by atoms with van der Waals surface area (Å²) in [5.41, 5.74) is 0. The lowest BCUT2D eigenvalue weighted by Gasteiger charge is -2.16. The van der Waals surface area contributed by atoms with E-state index < -0.39 is 5.97 Å². The molecule has 28 heavy (non-hydrogen) atoms. The third-order valence-corrected chi connectivity index (χ3v) is 5.42. The van der Waals surface area contributed by atoms with Crippen LogP contribution < -0.4 is 0 Å². The van der Waals surface area contributed by atoms with Crippen LogP contribution in [0.1, 0.15) is 96.8 Å². The van der Waals surface area contributed by atoms with Crippen molar-refractivity contribution in [2.24, 2.45) is 11.8 Å². The molecule has 1 heterocycles. The number of unbranched alkanes of at least 4 members (excludes halogenated alkanes) is 9. The second kappa shape index (κ2) is 15.3. The van der Waals surface area contributed by atoms with Crippen LogP contribution in [0.25, 0.3) is 0 Å². The lowest BCUT2D eigenvalue weighted by Crippen LogP contribution is -2.18. The van der Waals surface area contributed by atoms with Crippen molar-refractivity contribution in [3.63, 3.8) is 0 Å². The molecule has 1 aliphatic heterocycles. The second-order valence-electron chi connectivity index (χ2n) is 7.78. The minimum Gasteiger partial charge on any atom is -0.469 e. The van der Waals surface area contributed by atoms with Gasteiger partial charge in [-0.3, -0.25) is 14.4 Å². The number of rotatable bonds is 16. The lowest BCUT2D eigenvalue weighted by atomic mass is 9.86. The predicted molar refractivity (Wildman–Crippen MR) is 110 cm³/mol. The van der Waals surface area contributed by atoms with E-state index in [9.17, 15) is 14.4 Å². The molecule has 0 amide bonds. The minimum atomic E-state index is -0.393. The van der Waals surface area contributed by atoms with E-state index in [2.05, 4.69) is 23.8 Å². The van der Waals surface area contributed by atoms with Gasteiger partial charge < -0.3 is 9.47 Å². The molecule has 1 aliphatic rings. The van der Waals surface area contributed by atoms with Crippen molar-refractivity contribution in [1.82, 2.24) is 0 Å². The Labute approximate surface area is 170 Å². The summed E-state index contributed by atoms with van der Waals surface area (Å²) in [7, 11) is 1.42. The zero-order valence-corrected chi connectivity index (χ0v) is 17.8. The number of esters is 3. The Morgan fingerprint density at radius 2 is 1.75 bits per heavy atom. The zero-order valence-electron chi connectivity index (χ0n) is 17.8. The van der Waals surface area contributed by atoms with Crippen LogP contribution in [0, 0.1) is 11.8 Å². The Kier molecular flexibility index (Phi) is 13.3. The molecule has 1 rings (SSSR count). The first-order chi connectivity index (χ1) is 13.6. The van der Waals surface area contributed by atoms with Crippen LogP contribution >= 0.6 is 0 Å². The molecule has 0 aromatic carbocycles. The number of cyclic esters (lactones) is 2. The first-order valence-electron chi connectivity index (χ1n) is 11.1. The highest BCUT2D eigenvalue weighted by Gasteiger charge is 2.37. The van der Waals surface area contributed by atoms with Gasteiger partial charge in [0.25, 0.3) is 0 Å². The minimum absolute atomic E-state index is 0.0876. The maximum absolute atomic E-state index is 12.0. The van der Waals surface area contributed by atoms with E-state index in [0.717, 1.165) is 44.9 Å². The van der Waals surface area contributed by atoms with Crippen molar-refractivity contribution in [1.29, 1.82) is 0 Å². The van der Waals surface area contributed by atoms with Crippen molar-refractivity contribution in [2.75, 3.05) is 7.11 Å². The van der Waals surface area contributed by atoms with Gasteiger partial charge in [-0.05, 0) is 31.6 Å². The van der Waals surface area contributed by atoms with Crippen molar-refractivity contribution >= 4 is 17.9 Å². The summed E-state index contributed by atoms with van der Waals surface area (Å²) >= 11 is 0. The molecular formula is C23H38O5. The number of hydrogen-bond donors (Lipinski definition) is 0. The average molecular weight is 395 g/mol. The van der Waals surface area contributed by atoms with Gasteiger partial charge in [-0.15, -0.1) is 0 Å². The maximum atomic E-state index is 12.0. The smallest absolute Gasteiger partial charge is 0.317 e. The largest absolute Gasteiger partial charge is 0.469 e. The topological polar surface area (TPSA) is 69.7 Å². The molecule has 0 saturated carbocycles.